The third kappa shape index (κ3) is 27.1. The van der Waals surface area contributed by atoms with Crippen LogP contribution in [-0.2, 0) is 39.7 Å². The summed E-state index contributed by atoms with van der Waals surface area (Å²) in [6.07, 6.45) is 16.5. The van der Waals surface area contributed by atoms with Crippen LogP contribution in [0.3, 0.4) is 0 Å². The number of aryl methyl sites for hydroxylation is 2. The van der Waals surface area contributed by atoms with E-state index in [4.69, 9.17) is 10.7 Å². The van der Waals surface area contributed by atoms with E-state index in [9.17, 15) is 4.79 Å². The first-order valence-corrected chi connectivity index (χ1v) is 43.3. The third-order valence-corrected chi connectivity index (χ3v) is 8.98. The van der Waals surface area contributed by atoms with Crippen LogP contribution in [0.5, 0.6) is 0 Å². The number of anilines is 1. The van der Waals surface area contributed by atoms with Crippen LogP contribution in [0, 0.1) is 11.8 Å². The molecule has 65 heavy (non-hydrogen) atoms. The first-order valence-electron chi connectivity index (χ1n) is 20.8. The molecule has 0 aliphatic carbocycles. The number of nitrogens with one attached hydrogen (secondary N) is 1. The zero-order valence-corrected chi connectivity index (χ0v) is 52.1. The summed E-state index contributed by atoms with van der Waals surface area (Å²) in [6.45, 7) is 19.7. The first kappa shape index (κ1) is 62.8. The van der Waals surface area contributed by atoms with E-state index in [1.54, 1.807) is 40.2 Å². The van der Waals surface area contributed by atoms with Crippen LogP contribution >= 0.6 is 99.9 Å². The number of nitrogens with zero attached hydrogens (tertiary/aromatic N) is 9. The maximum absolute atomic E-state index is 12.4. The predicted octanol–water partition coefficient (Wildman–Crippen LogP) is 13.3. The van der Waals surface area contributed by atoms with Gasteiger partial charge in [-0.2, -0.15) is 51.7 Å². The first-order chi connectivity index (χ1) is 30.3. The summed E-state index contributed by atoms with van der Waals surface area (Å²) in [5.74, 6) is 3.53. The molecular formula is C46H67I5N11OV2-2. The number of hydrogen-bond donors (Lipinski definition) is 2. The average Bonchev–Trinajstić information content (AvgIpc) is 4.05. The van der Waals surface area contributed by atoms with E-state index >= 15 is 0 Å². The van der Waals surface area contributed by atoms with E-state index in [1.165, 1.54) is 44.1 Å². The zero-order valence-electron chi connectivity index (χ0n) is 38.5. The van der Waals surface area contributed by atoms with Crippen LogP contribution < -0.4 is 11.1 Å². The van der Waals surface area contributed by atoms with Crippen molar-refractivity contribution in [2.75, 3.05) is 25.4 Å². The number of nitrogens with two attached hydrogens (primary N) is 1. The molecule has 2 saturated heterocycles. The van der Waals surface area contributed by atoms with Crippen LogP contribution in [0.25, 0.3) is 44.3 Å². The molecule has 8 heterocycles. The van der Waals surface area contributed by atoms with Crippen molar-refractivity contribution >= 4 is 133 Å². The number of nitrogen functional groups attached to an aromatic ring is 1. The SMILES string of the molecule is C.C[C-](C)C.C[C-](C)C.C[C@H]1CCCN1.C[C@H]1CCCN1CC(=O)Cc1cc2nc(-c3cnn(C)c3)ccc2cn1.Cn1cc(-c2ccc3cnc(N)cc3n2)cn1.[I][V]([I])[I].[I][V][I]. The Hall–Kier alpha value is -0.251. The molecule has 6 aromatic heterocycles. The molecule has 0 unspecified atom stereocenters. The number of hydrogen-bond acceptors (Lipinski definition) is 10. The number of carbonyl (C=O) groups excluding carboxylic acids is 1. The number of carbonyl (C=O) groups is 1. The van der Waals surface area contributed by atoms with Crippen molar-refractivity contribution in [3.63, 3.8) is 0 Å². The van der Waals surface area contributed by atoms with Crippen LogP contribution in [0.4, 0.5) is 5.82 Å². The monoisotopic (exact) mass is 1530 g/mol. The van der Waals surface area contributed by atoms with Crippen molar-refractivity contribution in [1.29, 1.82) is 0 Å². The van der Waals surface area contributed by atoms with Gasteiger partial charge in [-0.15, -0.1) is 0 Å². The molecule has 2 fully saturated rings. The molecule has 12 nitrogen and oxygen atoms in total. The second-order valence-electron chi connectivity index (χ2n) is 16.3. The van der Waals surface area contributed by atoms with E-state index in [0.29, 0.717) is 34.3 Å². The summed E-state index contributed by atoms with van der Waals surface area (Å²) in [4.78, 5) is 32.2. The number of fused-ring (bicyclic) bond motifs is 2. The van der Waals surface area contributed by atoms with Gasteiger partial charge in [0, 0.05) is 84.6 Å². The van der Waals surface area contributed by atoms with Crippen molar-refractivity contribution in [3.8, 4) is 22.5 Å². The molecule has 2 aliphatic heterocycles. The van der Waals surface area contributed by atoms with Gasteiger partial charge in [0.1, 0.15) is 5.82 Å². The summed E-state index contributed by atoms with van der Waals surface area (Å²) in [6, 6.07) is 12.9. The molecule has 0 amide bonds. The van der Waals surface area contributed by atoms with Crippen molar-refractivity contribution < 1.29 is 19.2 Å². The van der Waals surface area contributed by atoms with E-state index < -0.39 is 0 Å². The topological polar surface area (TPSA) is 146 Å². The Bertz CT molecular complexity index is 2210. The Balaban J connectivity index is 0.000000462. The number of ketones is 1. The second-order valence-corrected chi connectivity index (χ2v) is 63.5. The number of halogens is 5. The number of Topliss-reactive ketones (excluding diaryl/α,β-unsaturated/α-hetero) is 1. The quantitative estimate of drug-likeness (QED) is 0.122. The van der Waals surface area contributed by atoms with E-state index in [2.05, 4.69) is 191 Å². The minimum absolute atomic E-state index is 0. The molecule has 3 N–H and O–H groups in total. The molecule has 0 aromatic carbocycles. The fraction of sp³-hybridized carbons (Fsp3) is 0.457. The van der Waals surface area contributed by atoms with E-state index in [-0.39, 0.29) is 18.1 Å². The van der Waals surface area contributed by atoms with Gasteiger partial charge in [0.2, 0.25) is 0 Å². The van der Waals surface area contributed by atoms with E-state index in [0.717, 1.165) is 62.6 Å². The summed E-state index contributed by atoms with van der Waals surface area (Å²) in [5.41, 5.74) is 11.9. The Kier molecular flexibility index (Phi) is 33.7. The normalized spacial score (nSPS) is 15.0. The molecule has 0 radical (unpaired) electrons. The van der Waals surface area contributed by atoms with E-state index in [1.807, 2.05) is 56.8 Å². The summed E-state index contributed by atoms with van der Waals surface area (Å²) in [7, 11) is 4.40. The van der Waals surface area contributed by atoms with Crippen molar-refractivity contribution in [2.24, 2.45) is 14.1 Å². The Labute approximate surface area is 456 Å². The van der Waals surface area contributed by atoms with Crippen molar-refractivity contribution in [1.82, 2.24) is 49.7 Å². The van der Waals surface area contributed by atoms with Gasteiger partial charge in [-0.3, -0.25) is 24.0 Å². The zero-order chi connectivity index (χ0) is 47.8. The van der Waals surface area contributed by atoms with Gasteiger partial charge in [-0.05, 0) is 83.0 Å². The number of pyridine rings is 4. The maximum atomic E-state index is 12.4. The molecule has 0 spiro atoms. The average molecular weight is 1530 g/mol. The molecule has 8 rings (SSSR count). The summed E-state index contributed by atoms with van der Waals surface area (Å²) in [5, 5.41) is 13.6. The molecule has 359 valence electrons. The Morgan fingerprint density at radius 2 is 1.28 bits per heavy atom. The standard InChI is InChI=1S/C20H23N5O.C12H11N5.C5H11N.2C4H9.CH4.5HI.2V/c1-14-4-3-7-25(14)13-18(26)8-17-9-20-15(10-21-17)5-6-19(23-20)16-11-22-24(2)12-16;1-17-7-9(6-15-17)10-3-2-8-5-14-12(13)4-11(8)16-10;1-5-3-2-4-6-5;2*1-4(2)3;;;;;;;;/h5-6,9-12,14H,3-4,7-8,13H2,1-2H3;2-7H,1H3,(H2,13,14);5-6H,2-4H2,1H3;2*1-3H3;1H4;5*1H;;/q;;;2*-1;;;;;;;+2;+3/p-5/t14-;;5-;;;;;;;;;;/m0.0........../s1. The number of rotatable bonds is 6. The summed E-state index contributed by atoms with van der Waals surface area (Å²) < 4.78 is 3.51. The van der Waals surface area contributed by atoms with Crippen LogP contribution in [0.15, 0.2) is 73.6 Å². The van der Waals surface area contributed by atoms with Crippen molar-refractivity contribution in [3.05, 3.63) is 91.1 Å². The van der Waals surface area contributed by atoms with Gasteiger partial charge in [0.05, 0.1) is 47.8 Å². The van der Waals surface area contributed by atoms with Gasteiger partial charge in [-0.25, -0.2) is 15.0 Å². The van der Waals surface area contributed by atoms with Crippen LogP contribution in [-0.4, -0.2) is 81.9 Å². The minimum atomic E-state index is -0.278. The molecular weight excluding hydrogens is 1460 g/mol. The Morgan fingerprint density at radius 3 is 1.66 bits per heavy atom. The Morgan fingerprint density at radius 1 is 0.800 bits per heavy atom. The molecule has 19 heteroatoms. The fourth-order valence-corrected chi connectivity index (χ4v) is 6.19. The van der Waals surface area contributed by atoms with Gasteiger partial charge in [-0.1, -0.05) is 7.43 Å². The van der Waals surface area contributed by atoms with Crippen molar-refractivity contribution in [2.45, 2.75) is 107 Å². The van der Waals surface area contributed by atoms with Gasteiger partial charge in [0.25, 0.3) is 0 Å². The van der Waals surface area contributed by atoms with Gasteiger partial charge >= 0.3 is 114 Å². The van der Waals surface area contributed by atoms with Crippen LogP contribution in [0.2, 0.25) is 0 Å². The third-order valence-electron chi connectivity index (χ3n) is 8.98. The molecule has 2 aliphatic rings. The number of likely N-dealkylation sites (tertiary alicyclic amines) is 1. The predicted molar refractivity (Wildman–Crippen MR) is 311 cm³/mol. The number of aromatic nitrogens is 8. The molecule has 0 bridgehead atoms. The second kappa shape index (κ2) is 34.9. The molecule has 0 saturated carbocycles. The fourth-order valence-electron chi connectivity index (χ4n) is 6.19. The van der Waals surface area contributed by atoms with Gasteiger partial charge in [0.15, 0.2) is 5.78 Å². The molecule has 2 atom stereocenters. The van der Waals surface area contributed by atoms with Gasteiger partial charge < -0.3 is 22.9 Å². The molecule has 6 aromatic rings. The van der Waals surface area contributed by atoms with Crippen LogP contribution in [0.1, 0.15) is 94.2 Å². The summed E-state index contributed by atoms with van der Waals surface area (Å²) >= 11 is 12.1.